The maximum Gasteiger partial charge on any atom is 0.240 e. The standard InChI is InChI=1S/C12H16N4O2S/c1-17-10-6-14-11(12(15-10)18-2)9(16-13)5-8-3-4-19-7-8/h3-4,6-7,9,16H,5,13H2,1-2H3. The van der Waals surface area contributed by atoms with Gasteiger partial charge in [0.25, 0.3) is 0 Å². The molecule has 2 aromatic heterocycles. The van der Waals surface area contributed by atoms with Crippen molar-refractivity contribution in [3.05, 3.63) is 34.3 Å². The number of thiophene rings is 1. The zero-order valence-electron chi connectivity index (χ0n) is 10.8. The molecule has 102 valence electrons. The normalized spacial score (nSPS) is 12.2. The minimum Gasteiger partial charge on any atom is -0.480 e. The monoisotopic (exact) mass is 280 g/mol. The molecule has 0 aromatic carbocycles. The number of hydrogen-bond donors (Lipinski definition) is 2. The van der Waals surface area contributed by atoms with Crippen molar-refractivity contribution in [1.82, 2.24) is 15.4 Å². The molecule has 0 aliphatic carbocycles. The molecule has 0 spiro atoms. The molecule has 6 nitrogen and oxygen atoms in total. The lowest BCUT2D eigenvalue weighted by Crippen LogP contribution is -2.30. The summed E-state index contributed by atoms with van der Waals surface area (Å²) in [6.07, 6.45) is 2.27. The van der Waals surface area contributed by atoms with Crippen LogP contribution in [0.3, 0.4) is 0 Å². The lowest BCUT2D eigenvalue weighted by atomic mass is 10.1. The van der Waals surface area contributed by atoms with E-state index in [1.165, 1.54) is 12.7 Å². The average molecular weight is 280 g/mol. The molecule has 2 rings (SSSR count). The summed E-state index contributed by atoms with van der Waals surface area (Å²) in [6, 6.07) is 1.89. The Kier molecular flexibility index (Phi) is 4.67. The fourth-order valence-electron chi connectivity index (χ4n) is 1.73. The van der Waals surface area contributed by atoms with Crippen LogP contribution in [0.2, 0.25) is 0 Å². The fraction of sp³-hybridized carbons (Fsp3) is 0.333. The van der Waals surface area contributed by atoms with Crippen molar-refractivity contribution in [2.45, 2.75) is 12.5 Å². The van der Waals surface area contributed by atoms with Crippen molar-refractivity contribution >= 4 is 11.3 Å². The SMILES string of the molecule is COc1cnc(C(Cc2ccsc2)NN)c(OC)n1. The van der Waals surface area contributed by atoms with Crippen LogP contribution in [0, 0.1) is 0 Å². The molecular weight excluding hydrogens is 264 g/mol. The molecule has 0 aliphatic rings. The van der Waals surface area contributed by atoms with Crippen LogP contribution in [0.15, 0.2) is 23.0 Å². The van der Waals surface area contributed by atoms with Gasteiger partial charge in [0, 0.05) is 0 Å². The summed E-state index contributed by atoms with van der Waals surface area (Å²) in [4.78, 5) is 8.53. The van der Waals surface area contributed by atoms with E-state index in [-0.39, 0.29) is 6.04 Å². The van der Waals surface area contributed by atoms with Gasteiger partial charge >= 0.3 is 0 Å². The predicted molar refractivity (Wildman–Crippen MR) is 73.2 cm³/mol. The Morgan fingerprint density at radius 2 is 2.26 bits per heavy atom. The van der Waals surface area contributed by atoms with E-state index in [1.807, 2.05) is 5.38 Å². The number of ether oxygens (including phenoxy) is 2. The molecule has 0 saturated carbocycles. The molecule has 0 radical (unpaired) electrons. The maximum absolute atomic E-state index is 5.61. The topological polar surface area (TPSA) is 82.3 Å². The van der Waals surface area contributed by atoms with Gasteiger partial charge in [0.2, 0.25) is 11.8 Å². The third kappa shape index (κ3) is 3.19. The van der Waals surface area contributed by atoms with E-state index in [9.17, 15) is 0 Å². The second-order valence-corrected chi connectivity index (χ2v) is 4.64. The summed E-state index contributed by atoms with van der Waals surface area (Å²) in [5.41, 5.74) is 4.60. The summed E-state index contributed by atoms with van der Waals surface area (Å²) >= 11 is 1.65. The van der Waals surface area contributed by atoms with Crippen molar-refractivity contribution < 1.29 is 9.47 Å². The highest BCUT2D eigenvalue weighted by molar-refractivity contribution is 7.07. The highest BCUT2D eigenvalue weighted by Gasteiger charge is 2.19. The summed E-state index contributed by atoms with van der Waals surface area (Å²) in [5, 5.41) is 4.10. The number of hydrazine groups is 1. The van der Waals surface area contributed by atoms with E-state index in [2.05, 4.69) is 26.8 Å². The average Bonchev–Trinajstić information content (AvgIpc) is 2.97. The highest BCUT2D eigenvalue weighted by atomic mass is 32.1. The lowest BCUT2D eigenvalue weighted by molar-refractivity contribution is 0.349. The van der Waals surface area contributed by atoms with Crippen LogP contribution in [-0.4, -0.2) is 24.2 Å². The van der Waals surface area contributed by atoms with Crippen LogP contribution in [0.1, 0.15) is 17.3 Å². The highest BCUT2D eigenvalue weighted by Crippen LogP contribution is 2.25. The van der Waals surface area contributed by atoms with Crippen LogP contribution in [0.25, 0.3) is 0 Å². The minimum absolute atomic E-state index is 0.164. The van der Waals surface area contributed by atoms with Gasteiger partial charge in [-0.2, -0.15) is 16.3 Å². The molecular formula is C12H16N4O2S. The number of rotatable bonds is 6. The Labute approximate surface area is 115 Å². The summed E-state index contributed by atoms with van der Waals surface area (Å²) < 4.78 is 10.3. The van der Waals surface area contributed by atoms with Gasteiger partial charge in [-0.15, -0.1) is 0 Å². The number of aromatic nitrogens is 2. The molecule has 1 atom stereocenters. The van der Waals surface area contributed by atoms with Crippen molar-refractivity contribution in [3.63, 3.8) is 0 Å². The first kappa shape index (κ1) is 13.7. The second-order valence-electron chi connectivity index (χ2n) is 3.86. The van der Waals surface area contributed by atoms with E-state index in [0.717, 1.165) is 6.42 Å². The van der Waals surface area contributed by atoms with Gasteiger partial charge in [-0.3, -0.25) is 11.3 Å². The molecule has 0 aliphatic heterocycles. The number of methoxy groups -OCH3 is 2. The van der Waals surface area contributed by atoms with Crippen molar-refractivity contribution in [1.29, 1.82) is 0 Å². The molecule has 0 bridgehead atoms. The third-order valence-corrected chi connectivity index (χ3v) is 3.43. The molecule has 1 unspecified atom stereocenters. The van der Waals surface area contributed by atoms with Crippen LogP contribution >= 0.6 is 11.3 Å². The van der Waals surface area contributed by atoms with Crippen LogP contribution in [-0.2, 0) is 6.42 Å². The fourth-order valence-corrected chi connectivity index (χ4v) is 2.41. The first-order chi connectivity index (χ1) is 9.28. The first-order valence-corrected chi connectivity index (χ1v) is 6.65. The Hall–Kier alpha value is -1.70. The summed E-state index contributed by atoms with van der Waals surface area (Å²) in [5.74, 6) is 6.44. The van der Waals surface area contributed by atoms with E-state index in [1.54, 1.807) is 24.6 Å². The first-order valence-electron chi connectivity index (χ1n) is 5.70. The van der Waals surface area contributed by atoms with Crippen molar-refractivity contribution in [2.24, 2.45) is 5.84 Å². The van der Waals surface area contributed by atoms with Crippen LogP contribution in [0.4, 0.5) is 0 Å². The van der Waals surface area contributed by atoms with E-state index in [0.29, 0.717) is 17.5 Å². The zero-order valence-corrected chi connectivity index (χ0v) is 11.6. The molecule has 7 heteroatoms. The van der Waals surface area contributed by atoms with Crippen LogP contribution < -0.4 is 20.7 Å². The lowest BCUT2D eigenvalue weighted by Gasteiger charge is -2.17. The third-order valence-electron chi connectivity index (χ3n) is 2.70. The van der Waals surface area contributed by atoms with Gasteiger partial charge < -0.3 is 9.47 Å². The Balaban J connectivity index is 2.26. The molecule has 3 N–H and O–H groups in total. The predicted octanol–water partition coefficient (Wildman–Crippen LogP) is 1.30. The Morgan fingerprint density at radius 1 is 1.42 bits per heavy atom. The molecule has 0 saturated heterocycles. The zero-order chi connectivity index (χ0) is 13.7. The molecule has 0 amide bonds. The number of nitrogens with two attached hydrogens (primary N) is 1. The van der Waals surface area contributed by atoms with Gasteiger partial charge in [-0.05, 0) is 28.8 Å². The second kappa shape index (κ2) is 6.46. The van der Waals surface area contributed by atoms with Crippen molar-refractivity contribution in [3.8, 4) is 11.8 Å². The summed E-state index contributed by atoms with van der Waals surface area (Å²) in [7, 11) is 3.08. The summed E-state index contributed by atoms with van der Waals surface area (Å²) in [6.45, 7) is 0. The van der Waals surface area contributed by atoms with Crippen LogP contribution in [0.5, 0.6) is 11.8 Å². The largest absolute Gasteiger partial charge is 0.480 e. The van der Waals surface area contributed by atoms with Gasteiger partial charge in [-0.25, -0.2) is 4.98 Å². The quantitative estimate of drug-likeness (QED) is 0.613. The minimum atomic E-state index is -0.164. The smallest absolute Gasteiger partial charge is 0.240 e. The van der Waals surface area contributed by atoms with E-state index >= 15 is 0 Å². The van der Waals surface area contributed by atoms with Crippen molar-refractivity contribution in [2.75, 3.05) is 14.2 Å². The maximum atomic E-state index is 5.61. The Bertz CT molecular complexity index is 518. The van der Waals surface area contributed by atoms with Gasteiger partial charge in [-0.1, -0.05) is 0 Å². The van der Waals surface area contributed by atoms with E-state index in [4.69, 9.17) is 15.3 Å². The van der Waals surface area contributed by atoms with Gasteiger partial charge in [0.15, 0.2) is 0 Å². The molecule has 0 fully saturated rings. The number of hydrogen-bond acceptors (Lipinski definition) is 7. The Morgan fingerprint density at radius 3 is 2.84 bits per heavy atom. The molecule has 2 aromatic rings. The van der Waals surface area contributed by atoms with Gasteiger partial charge in [0.1, 0.15) is 5.69 Å². The van der Waals surface area contributed by atoms with E-state index < -0.39 is 0 Å². The molecule has 19 heavy (non-hydrogen) atoms. The van der Waals surface area contributed by atoms with Gasteiger partial charge in [0.05, 0.1) is 26.5 Å². The molecule has 2 heterocycles. The number of nitrogens with one attached hydrogen (secondary N) is 1. The number of nitrogens with zero attached hydrogens (tertiary/aromatic N) is 2.